The number of hydrogen-bond acceptors (Lipinski definition) is 2. The van der Waals surface area contributed by atoms with Crippen LogP contribution in [0.4, 0.5) is 5.69 Å². The molecule has 3 aromatic rings. The number of halogens is 1. The number of thiophene rings is 1. The minimum atomic E-state index is 0.968. The molecule has 0 aliphatic rings. The highest BCUT2D eigenvalue weighted by Crippen LogP contribution is 2.24. The first-order valence-electron chi connectivity index (χ1n) is 5.59. The number of hydrogen-bond donors (Lipinski definition) is 0. The average molecular weight is 316 g/mol. The van der Waals surface area contributed by atoms with Crippen LogP contribution in [0.5, 0.6) is 0 Å². The standard InChI is InChI=1S/C15H10BrNS/c16-12-5-7-13(8-6-12)17-10-14-9-11-3-1-2-4-15(11)18-14/h1-10H. The van der Waals surface area contributed by atoms with E-state index in [1.807, 2.05) is 30.5 Å². The van der Waals surface area contributed by atoms with Gasteiger partial charge in [0.25, 0.3) is 0 Å². The summed E-state index contributed by atoms with van der Waals surface area (Å²) >= 11 is 5.18. The van der Waals surface area contributed by atoms with Gasteiger partial charge in [0.1, 0.15) is 0 Å². The lowest BCUT2D eigenvalue weighted by Gasteiger charge is -1.92. The van der Waals surface area contributed by atoms with Crippen molar-refractivity contribution in [3.8, 4) is 0 Å². The highest BCUT2D eigenvalue weighted by molar-refractivity contribution is 9.10. The molecule has 3 heteroatoms. The summed E-state index contributed by atoms with van der Waals surface area (Å²) in [6, 6.07) is 18.5. The highest BCUT2D eigenvalue weighted by Gasteiger charge is 1.98. The molecule has 18 heavy (non-hydrogen) atoms. The van der Waals surface area contributed by atoms with Crippen molar-refractivity contribution in [2.75, 3.05) is 0 Å². The Bertz CT molecular complexity index is 665. The molecule has 3 rings (SSSR count). The average Bonchev–Trinajstić information content (AvgIpc) is 2.81. The van der Waals surface area contributed by atoms with E-state index in [4.69, 9.17) is 0 Å². The third-order valence-corrected chi connectivity index (χ3v) is 4.19. The topological polar surface area (TPSA) is 12.4 Å². The summed E-state index contributed by atoms with van der Waals surface area (Å²) in [5.41, 5.74) is 0.968. The molecule has 0 bridgehead atoms. The van der Waals surface area contributed by atoms with Crippen molar-refractivity contribution in [1.82, 2.24) is 0 Å². The van der Waals surface area contributed by atoms with Crippen molar-refractivity contribution in [3.63, 3.8) is 0 Å². The minimum Gasteiger partial charge on any atom is -0.255 e. The van der Waals surface area contributed by atoms with Crippen LogP contribution in [0.1, 0.15) is 4.88 Å². The van der Waals surface area contributed by atoms with E-state index in [1.54, 1.807) is 11.3 Å². The number of fused-ring (bicyclic) bond motifs is 1. The Hall–Kier alpha value is -1.45. The zero-order valence-corrected chi connectivity index (χ0v) is 11.9. The quantitative estimate of drug-likeness (QED) is 0.560. The van der Waals surface area contributed by atoms with Gasteiger partial charge in [0, 0.05) is 20.3 Å². The van der Waals surface area contributed by atoms with Gasteiger partial charge in [-0.25, -0.2) is 0 Å². The van der Waals surface area contributed by atoms with Crippen molar-refractivity contribution >= 4 is 49.3 Å². The first-order valence-corrected chi connectivity index (χ1v) is 7.20. The maximum absolute atomic E-state index is 4.48. The molecule has 0 aliphatic heterocycles. The fraction of sp³-hybridized carbons (Fsp3) is 0. The molecule has 0 unspecified atom stereocenters. The fourth-order valence-corrected chi connectivity index (χ4v) is 2.93. The molecule has 0 radical (unpaired) electrons. The molecule has 0 amide bonds. The molecule has 1 aromatic heterocycles. The van der Waals surface area contributed by atoms with E-state index in [0.717, 1.165) is 10.2 Å². The zero-order chi connectivity index (χ0) is 12.4. The number of nitrogens with zero attached hydrogens (tertiary/aromatic N) is 1. The van der Waals surface area contributed by atoms with Crippen LogP contribution < -0.4 is 0 Å². The van der Waals surface area contributed by atoms with Gasteiger partial charge >= 0.3 is 0 Å². The lowest BCUT2D eigenvalue weighted by molar-refractivity contribution is 1.52. The maximum Gasteiger partial charge on any atom is 0.0631 e. The van der Waals surface area contributed by atoms with Crippen LogP contribution in [0, 0.1) is 0 Å². The lowest BCUT2D eigenvalue weighted by Crippen LogP contribution is -1.71. The molecule has 2 aromatic carbocycles. The molecule has 1 heterocycles. The summed E-state index contributed by atoms with van der Waals surface area (Å²) < 4.78 is 2.37. The first-order chi connectivity index (χ1) is 8.81. The maximum atomic E-state index is 4.48. The second kappa shape index (κ2) is 5.04. The first kappa shape index (κ1) is 11.6. The summed E-state index contributed by atoms with van der Waals surface area (Å²) in [5, 5.41) is 1.28. The van der Waals surface area contributed by atoms with Gasteiger partial charge in [-0.3, -0.25) is 4.99 Å². The molecule has 1 nitrogen and oxygen atoms in total. The van der Waals surface area contributed by atoms with Gasteiger partial charge in [-0.05, 0) is 41.8 Å². The van der Waals surface area contributed by atoms with Crippen molar-refractivity contribution < 1.29 is 0 Å². The Morgan fingerprint density at radius 1 is 1.00 bits per heavy atom. The second-order valence-corrected chi connectivity index (χ2v) is 5.95. The molecular formula is C15H10BrNS. The van der Waals surface area contributed by atoms with E-state index in [0.29, 0.717) is 0 Å². The molecule has 0 saturated heterocycles. The lowest BCUT2D eigenvalue weighted by atomic mass is 10.2. The van der Waals surface area contributed by atoms with E-state index in [2.05, 4.69) is 51.3 Å². The summed E-state index contributed by atoms with van der Waals surface area (Å²) in [4.78, 5) is 5.66. The van der Waals surface area contributed by atoms with E-state index in [-0.39, 0.29) is 0 Å². The summed E-state index contributed by atoms with van der Waals surface area (Å²) in [6.07, 6.45) is 1.92. The Morgan fingerprint density at radius 2 is 1.78 bits per heavy atom. The summed E-state index contributed by atoms with van der Waals surface area (Å²) in [5.74, 6) is 0. The van der Waals surface area contributed by atoms with Gasteiger partial charge in [-0.15, -0.1) is 11.3 Å². The molecule has 0 saturated carbocycles. The molecule has 0 aliphatic carbocycles. The fourth-order valence-electron chi connectivity index (χ4n) is 1.73. The van der Waals surface area contributed by atoms with Crippen LogP contribution in [-0.2, 0) is 0 Å². The van der Waals surface area contributed by atoms with Gasteiger partial charge in [0.2, 0.25) is 0 Å². The monoisotopic (exact) mass is 315 g/mol. The Kier molecular flexibility index (Phi) is 3.26. The molecule has 0 fully saturated rings. The minimum absolute atomic E-state index is 0.968. The van der Waals surface area contributed by atoms with Gasteiger partial charge in [0.15, 0.2) is 0 Å². The van der Waals surface area contributed by atoms with E-state index in [9.17, 15) is 0 Å². The summed E-state index contributed by atoms with van der Waals surface area (Å²) in [6.45, 7) is 0. The van der Waals surface area contributed by atoms with Crippen LogP contribution >= 0.6 is 27.3 Å². The molecule has 88 valence electrons. The number of aliphatic imine (C=N–C) groups is 1. The van der Waals surface area contributed by atoms with E-state index in [1.165, 1.54) is 15.0 Å². The van der Waals surface area contributed by atoms with Crippen LogP contribution in [0.3, 0.4) is 0 Å². The van der Waals surface area contributed by atoms with Crippen LogP contribution in [0.2, 0.25) is 0 Å². The Labute approximate surface area is 118 Å². The van der Waals surface area contributed by atoms with E-state index >= 15 is 0 Å². The molecular weight excluding hydrogens is 306 g/mol. The smallest absolute Gasteiger partial charge is 0.0631 e. The summed E-state index contributed by atoms with van der Waals surface area (Å²) in [7, 11) is 0. The van der Waals surface area contributed by atoms with Gasteiger partial charge in [-0.2, -0.15) is 0 Å². The predicted octanol–water partition coefficient (Wildman–Crippen LogP) is 5.41. The molecule has 0 spiro atoms. The van der Waals surface area contributed by atoms with Crippen LogP contribution in [-0.4, -0.2) is 6.21 Å². The zero-order valence-electron chi connectivity index (χ0n) is 9.51. The normalized spacial score (nSPS) is 11.4. The van der Waals surface area contributed by atoms with Crippen molar-refractivity contribution in [2.45, 2.75) is 0 Å². The van der Waals surface area contributed by atoms with Crippen molar-refractivity contribution in [2.24, 2.45) is 4.99 Å². The van der Waals surface area contributed by atoms with Gasteiger partial charge < -0.3 is 0 Å². The Morgan fingerprint density at radius 3 is 2.56 bits per heavy atom. The van der Waals surface area contributed by atoms with Crippen molar-refractivity contribution in [1.29, 1.82) is 0 Å². The largest absolute Gasteiger partial charge is 0.255 e. The Balaban J connectivity index is 1.89. The molecule has 0 N–H and O–H groups in total. The SMILES string of the molecule is Brc1ccc(N=Cc2cc3ccccc3s2)cc1. The molecule has 0 atom stereocenters. The third-order valence-electron chi connectivity index (χ3n) is 2.61. The van der Waals surface area contributed by atoms with Crippen molar-refractivity contribution in [3.05, 3.63) is 63.9 Å². The number of benzene rings is 2. The third kappa shape index (κ3) is 2.52. The van der Waals surface area contributed by atoms with E-state index < -0.39 is 0 Å². The van der Waals surface area contributed by atoms with Gasteiger partial charge in [0.05, 0.1) is 5.69 Å². The highest BCUT2D eigenvalue weighted by atomic mass is 79.9. The second-order valence-electron chi connectivity index (χ2n) is 3.92. The number of rotatable bonds is 2. The van der Waals surface area contributed by atoms with Crippen LogP contribution in [0.25, 0.3) is 10.1 Å². The van der Waals surface area contributed by atoms with Gasteiger partial charge in [-0.1, -0.05) is 34.1 Å². The predicted molar refractivity (Wildman–Crippen MR) is 83.2 cm³/mol. The van der Waals surface area contributed by atoms with Crippen LogP contribution in [0.15, 0.2) is 64.1 Å².